The van der Waals surface area contributed by atoms with E-state index in [-0.39, 0.29) is 31.5 Å². The number of nitrogens with one attached hydrogen (secondary N) is 1. The van der Waals surface area contributed by atoms with Gasteiger partial charge in [-0.05, 0) is 30.5 Å². The van der Waals surface area contributed by atoms with Crippen molar-refractivity contribution in [3.05, 3.63) is 34.9 Å². The summed E-state index contributed by atoms with van der Waals surface area (Å²) in [6.45, 7) is 1.54. The molecule has 2 rings (SSSR count). The molecule has 1 amide bonds. The van der Waals surface area contributed by atoms with Crippen LogP contribution in [-0.2, 0) is 19.1 Å². The summed E-state index contributed by atoms with van der Waals surface area (Å²) in [6.07, 6.45) is 2.15. The van der Waals surface area contributed by atoms with Gasteiger partial charge in [-0.25, -0.2) is 0 Å². The molecule has 1 saturated heterocycles. The smallest absolute Gasteiger partial charge is 0.305 e. The highest BCUT2D eigenvalue weighted by Crippen LogP contribution is 2.19. The zero-order valence-electron chi connectivity index (χ0n) is 13.4. The molecule has 0 spiro atoms. The number of hydrogen-bond acceptors (Lipinski definition) is 4. The Hall–Kier alpha value is -1.63. The summed E-state index contributed by atoms with van der Waals surface area (Å²) >= 11 is 5.84. The molecule has 0 aromatic heterocycles. The van der Waals surface area contributed by atoms with E-state index in [2.05, 4.69) is 5.32 Å². The molecule has 1 aliphatic heterocycles. The third kappa shape index (κ3) is 6.47. The number of carboxylic acids is 1. The van der Waals surface area contributed by atoms with Crippen LogP contribution in [-0.4, -0.2) is 42.9 Å². The zero-order valence-corrected chi connectivity index (χ0v) is 14.1. The highest BCUT2D eigenvalue weighted by atomic mass is 35.5. The third-order valence-corrected chi connectivity index (χ3v) is 4.04. The number of carboxylic acid groups (broad SMARTS) is 1. The summed E-state index contributed by atoms with van der Waals surface area (Å²) in [5.41, 5.74) is 0.704. The van der Waals surface area contributed by atoms with Crippen LogP contribution in [0.2, 0.25) is 5.02 Å². The van der Waals surface area contributed by atoms with Gasteiger partial charge in [-0.1, -0.05) is 23.7 Å². The number of carbonyl (C=O) groups is 2. The molecule has 7 heteroatoms. The van der Waals surface area contributed by atoms with E-state index in [1.54, 1.807) is 24.3 Å². The molecule has 6 nitrogen and oxygen atoms in total. The second kappa shape index (κ2) is 9.61. The van der Waals surface area contributed by atoms with E-state index < -0.39 is 12.0 Å². The molecule has 1 aromatic rings. The van der Waals surface area contributed by atoms with Crippen LogP contribution in [0.1, 0.15) is 37.3 Å². The predicted molar refractivity (Wildman–Crippen MR) is 89.0 cm³/mol. The van der Waals surface area contributed by atoms with Gasteiger partial charge in [0.1, 0.15) is 0 Å². The fourth-order valence-corrected chi connectivity index (χ4v) is 2.67. The van der Waals surface area contributed by atoms with Crippen molar-refractivity contribution in [1.29, 1.82) is 0 Å². The van der Waals surface area contributed by atoms with Crippen LogP contribution in [0.25, 0.3) is 0 Å². The largest absolute Gasteiger partial charge is 0.481 e. The van der Waals surface area contributed by atoms with Gasteiger partial charge in [-0.15, -0.1) is 0 Å². The van der Waals surface area contributed by atoms with Gasteiger partial charge in [0.2, 0.25) is 5.91 Å². The molecule has 2 atom stereocenters. The molecule has 0 radical (unpaired) electrons. The van der Waals surface area contributed by atoms with E-state index in [9.17, 15) is 9.59 Å². The van der Waals surface area contributed by atoms with Crippen molar-refractivity contribution in [2.24, 2.45) is 0 Å². The topological polar surface area (TPSA) is 84.9 Å². The predicted octanol–water partition coefficient (Wildman–Crippen LogP) is 2.56. The van der Waals surface area contributed by atoms with E-state index >= 15 is 0 Å². The summed E-state index contributed by atoms with van der Waals surface area (Å²) < 4.78 is 10.9. The number of hydrogen-bond donors (Lipinski definition) is 2. The lowest BCUT2D eigenvalue weighted by atomic mass is 10.0. The lowest BCUT2D eigenvalue weighted by molar-refractivity contribution is -0.137. The molecular formula is C17H22ClNO5. The van der Waals surface area contributed by atoms with Gasteiger partial charge in [0.15, 0.2) is 0 Å². The van der Waals surface area contributed by atoms with Crippen LogP contribution in [0.3, 0.4) is 0 Å². The molecule has 2 N–H and O–H groups in total. The van der Waals surface area contributed by atoms with Crippen LogP contribution < -0.4 is 5.32 Å². The van der Waals surface area contributed by atoms with Crippen molar-refractivity contribution in [3.63, 3.8) is 0 Å². The van der Waals surface area contributed by atoms with E-state index in [0.29, 0.717) is 17.2 Å². The first kappa shape index (κ1) is 18.7. The molecule has 0 aliphatic carbocycles. The second-order valence-electron chi connectivity index (χ2n) is 5.73. The van der Waals surface area contributed by atoms with Crippen molar-refractivity contribution >= 4 is 23.5 Å². The second-order valence-corrected chi connectivity index (χ2v) is 6.17. The zero-order chi connectivity index (χ0) is 17.4. The third-order valence-electron chi connectivity index (χ3n) is 3.79. The van der Waals surface area contributed by atoms with Crippen LogP contribution in [0.4, 0.5) is 0 Å². The number of ether oxygens (including phenoxy) is 2. The summed E-state index contributed by atoms with van der Waals surface area (Å²) in [5, 5.41) is 12.3. The molecule has 1 unspecified atom stereocenters. The van der Waals surface area contributed by atoms with Crippen LogP contribution in [0, 0.1) is 0 Å². The summed E-state index contributed by atoms with van der Waals surface area (Å²) in [6, 6.07) is 6.17. The Balaban J connectivity index is 1.78. The highest BCUT2D eigenvalue weighted by Gasteiger charge is 2.19. The molecular weight excluding hydrogens is 334 g/mol. The Bertz CT molecular complexity index is 542. The molecule has 24 heavy (non-hydrogen) atoms. The lowest BCUT2D eigenvalue weighted by Gasteiger charge is -2.18. The number of carbonyl (C=O) groups excluding carboxylic acids is 1. The molecule has 1 fully saturated rings. The van der Waals surface area contributed by atoms with E-state index in [4.69, 9.17) is 26.2 Å². The van der Waals surface area contributed by atoms with Gasteiger partial charge in [-0.3, -0.25) is 9.59 Å². The maximum absolute atomic E-state index is 12.0. The van der Waals surface area contributed by atoms with Gasteiger partial charge in [-0.2, -0.15) is 0 Å². The molecule has 1 aromatic carbocycles. The minimum atomic E-state index is -0.982. The summed E-state index contributed by atoms with van der Waals surface area (Å²) in [5.74, 6) is -1.23. The SMILES string of the molecule is O=C(O)C[C@H](NC(=O)CCOCC1CCCO1)c1ccc(Cl)cc1. The first-order valence-electron chi connectivity index (χ1n) is 8.00. The van der Waals surface area contributed by atoms with E-state index in [1.807, 2.05) is 0 Å². The highest BCUT2D eigenvalue weighted by molar-refractivity contribution is 6.30. The van der Waals surface area contributed by atoms with Gasteiger partial charge in [0.25, 0.3) is 0 Å². The standard InChI is InChI=1S/C17H22ClNO5/c18-13-5-3-12(4-6-13)15(10-17(21)22)19-16(20)7-9-23-11-14-2-1-8-24-14/h3-6,14-15H,1-2,7-11H2,(H,19,20)(H,21,22)/t14?,15-/m0/s1. The first-order valence-corrected chi connectivity index (χ1v) is 8.38. The van der Waals surface area contributed by atoms with Crippen LogP contribution >= 0.6 is 11.6 Å². The van der Waals surface area contributed by atoms with Gasteiger partial charge >= 0.3 is 5.97 Å². The summed E-state index contributed by atoms with van der Waals surface area (Å²) in [7, 11) is 0. The maximum atomic E-state index is 12.0. The lowest BCUT2D eigenvalue weighted by Crippen LogP contribution is -2.31. The molecule has 1 heterocycles. The Labute approximate surface area is 146 Å². The van der Waals surface area contributed by atoms with Crippen molar-refractivity contribution in [1.82, 2.24) is 5.32 Å². The monoisotopic (exact) mass is 355 g/mol. The Kier molecular flexibility index (Phi) is 7.49. The van der Waals surface area contributed by atoms with Gasteiger partial charge < -0.3 is 19.9 Å². The number of amides is 1. The van der Waals surface area contributed by atoms with Crippen molar-refractivity contribution in [2.45, 2.75) is 37.8 Å². The van der Waals surface area contributed by atoms with Gasteiger partial charge in [0.05, 0.1) is 31.8 Å². The first-order chi connectivity index (χ1) is 11.5. The Morgan fingerprint density at radius 1 is 1.38 bits per heavy atom. The van der Waals surface area contributed by atoms with Crippen molar-refractivity contribution < 1.29 is 24.2 Å². The molecule has 0 bridgehead atoms. The van der Waals surface area contributed by atoms with Crippen LogP contribution in [0.15, 0.2) is 24.3 Å². The Morgan fingerprint density at radius 3 is 2.75 bits per heavy atom. The van der Waals surface area contributed by atoms with Crippen molar-refractivity contribution in [3.8, 4) is 0 Å². The average molecular weight is 356 g/mol. The fraction of sp³-hybridized carbons (Fsp3) is 0.529. The van der Waals surface area contributed by atoms with E-state index in [1.165, 1.54) is 0 Å². The minimum Gasteiger partial charge on any atom is -0.481 e. The molecule has 132 valence electrons. The normalized spacial score (nSPS) is 18.3. The number of aliphatic carboxylic acids is 1. The van der Waals surface area contributed by atoms with Gasteiger partial charge in [0, 0.05) is 18.1 Å². The van der Waals surface area contributed by atoms with Crippen molar-refractivity contribution in [2.75, 3.05) is 19.8 Å². The quantitative estimate of drug-likeness (QED) is 0.665. The Morgan fingerprint density at radius 2 is 2.12 bits per heavy atom. The summed E-state index contributed by atoms with van der Waals surface area (Å²) in [4.78, 5) is 23.1. The number of halogens is 1. The maximum Gasteiger partial charge on any atom is 0.305 e. The number of rotatable bonds is 9. The average Bonchev–Trinajstić information content (AvgIpc) is 3.04. The molecule has 0 saturated carbocycles. The minimum absolute atomic E-state index is 0.127. The fourth-order valence-electron chi connectivity index (χ4n) is 2.54. The van der Waals surface area contributed by atoms with Crippen LogP contribution in [0.5, 0.6) is 0 Å². The van der Waals surface area contributed by atoms with E-state index in [0.717, 1.165) is 19.4 Å². The molecule has 1 aliphatic rings. The number of benzene rings is 1.